The highest BCUT2D eigenvalue weighted by Gasteiger charge is 2.18. The quantitative estimate of drug-likeness (QED) is 0.716. The Morgan fingerprint density at radius 3 is 2.48 bits per heavy atom. The number of aryl methyl sites for hydroxylation is 1. The van der Waals surface area contributed by atoms with Crippen molar-refractivity contribution < 1.29 is 9.90 Å². The molecular formula is C19H28N4O2. The highest BCUT2D eigenvalue weighted by molar-refractivity contribution is 5.90. The van der Waals surface area contributed by atoms with E-state index in [1.54, 1.807) is 0 Å². The Hall–Kier alpha value is -2.34. The molecule has 0 saturated heterocycles. The summed E-state index contributed by atoms with van der Waals surface area (Å²) in [7, 11) is 0. The second-order valence-corrected chi connectivity index (χ2v) is 6.51. The molecule has 1 aromatic carbocycles. The molecular weight excluding hydrogens is 316 g/mol. The number of hydrogen-bond donors (Lipinski definition) is 3. The van der Waals surface area contributed by atoms with Gasteiger partial charge in [0.2, 0.25) is 0 Å². The third-order valence-electron chi connectivity index (χ3n) is 4.21. The molecule has 0 aliphatic carbocycles. The van der Waals surface area contributed by atoms with Crippen molar-refractivity contribution in [3.8, 4) is 0 Å². The van der Waals surface area contributed by atoms with E-state index in [9.17, 15) is 4.79 Å². The summed E-state index contributed by atoms with van der Waals surface area (Å²) in [5.74, 6) is 0. The number of carbonyl (C=O) groups excluding carboxylic acids is 1. The van der Waals surface area contributed by atoms with Crippen LogP contribution >= 0.6 is 0 Å². The molecule has 2 amide bonds. The van der Waals surface area contributed by atoms with Crippen LogP contribution < -0.4 is 10.6 Å². The molecule has 1 heterocycles. The van der Waals surface area contributed by atoms with E-state index in [2.05, 4.69) is 29.6 Å². The van der Waals surface area contributed by atoms with Gasteiger partial charge < -0.3 is 15.7 Å². The van der Waals surface area contributed by atoms with Crippen LogP contribution in [0.2, 0.25) is 0 Å². The smallest absolute Gasteiger partial charge is 0.319 e. The van der Waals surface area contributed by atoms with Gasteiger partial charge in [0.05, 0.1) is 23.1 Å². The summed E-state index contributed by atoms with van der Waals surface area (Å²) < 4.78 is 1.91. The summed E-state index contributed by atoms with van der Waals surface area (Å²) >= 11 is 0. The van der Waals surface area contributed by atoms with Gasteiger partial charge in [-0.3, -0.25) is 4.68 Å². The van der Waals surface area contributed by atoms with Crippen molar-refractivity contribution in [3.63, 3.8) is 0 Å². The maximum absolute atomic E-state index is 12.5. The Bertz CT molecular complexity index is 695. The summed E-state index contributed by atoms with van der Waals surface area (Å²) in [5.41, 5.74) is 3.51. The van der Waals surface area contributed by atoms with Gasteiger partial charge in [-0.1, -0.05) is 30.3 Å². The molecule has 0 bridgehead atoms. The summed E-state index contributed by atoms with van der Waals surface area (Å²) in [6.45, 7) is 8.07. The van der Waals surface area contributed by atoms with Gasteiger partial charge in [0, 0.05) is 12.6 Å². The van der Waals surface area contributed by atoms with Crippen molar-refractivity contribution in [1.82, 2.24) is 15.1 Å². The SMILES string of the molecule is Cc1nn(C(C)C)c(C)c1NC(=O)N[C@H](CCCO)c1ccccc1. The lowest BCUT2D eigenvalue weighted by atomic mass is 10.0. The molecule has 0 aliphatic rings. The molecule has 0 unspecified atom stereocenters. The van der Waals surface area contributed by atoms with Crippen LogP contribution in [0.15, 0.2) is 30.3 Å². The number of nitrogens with zero attached hydrogens (tertiary/aromatic N) is 2. The van der Waals surface area contributed by atoms with Crippen molar-refractivity contribution in [1.29, 1.82) is 0 Å². The van der Waals surface area contributed by atoms with Crippen LogP contribution in [0.1, 0.15) is 55.7 Å². The molecule has 2 aromatic rings. The van der Waals surface area contributed by atoms with E-state index < -0.39 is 0 Å². The number of hydrogen-bond acceptors (Lipinski definition) is 3. The van der Waals surface area contributed by atoms with Gasteiger partial charge in [-0.25, -0.2) is 4.79 Å². The predicted molar refractivity (Wildman–Crippen MR) is 99.7 cm³/mol. The van der Waals surface area contributed by atoms with Crippen molar-refractivity contribution in [3.05, 3.63) is 47.3 Å². The Kier molecular flexibility index (Phi) is 6.58. The molecule has 0 aliphatic heterocycles. The maximum atomic E-state index is 12.5. The first kappa shape index (κ1) is 19.0. The van der Waals surface area contributed by atoms with E-state index in [1.807, 2.05) is 48.9 Å². The zero-order chi connectivity index (χ0) is 18.4. The van der Waals surface area contributed by atoms with E-state index in [-0.39, 0.29) is 24.7 Å². The monoisotopic (exact) mass is 344 g/mol. The van der Waals surface area contributed by atoms with Crippen LogP contribution in [-0.4, -0.2) is 27.5 Å². The molecule has 3 N–H and O–H groups in total. The molecule has 1 atom stereocenters. The number of rotatable bonds is 7. The van der Waals surface area contributed by atoms with Crippen LogP contribution in [0.3, 0.4) is 0 Å². The molecule has 1 aromatic heterocycles. The summed E-state index contributed by atoms with van der Waals surface area (Å²) in [5, 5.41) is 19.6. The minimum absolute atomic E-state index is 0.103. The van der Waals surface area contributed by atoms with Crippen molar-refractivity contribution >= 4 is 11.7 Å². The van der Waals surface area contributed by atoms with Crippen LogP contribution in [0, 0.1) is 13.8 Å². The molecule has 25 heavy (non-hydrogen) atoms. The van der Waals surface area contributed by atoms with Crippen LogP contribution in [0.25, 0.3) is 0 Å². The molecule has 6 nitrogen and oxygen atoms in total. The van der Waals surface area contributed by atoms with Crippen LogP contribution in [0.4, 0.5) is 10.5 Å². The fourth-order valence-corrected chi connectivity index (χ4v) is 2.96. The minimum atomic E-state index is -0.263. The first-order valence-corrected chi connectivity index (χ1v) is 8.73. The Balaban J connectivity index is 2.11. The zero-order valence-corrected chi connectivity index (χ0v) is 15.4. The highest BCUT2D eigenvalue weighted by atomic mass is 16.3. The van der Waals surface area contributed by atoms with E-state index in [4.69, 9.17) is 5.11 Å². The fourth-order valence-electron chi connectivity index (χ4n) is 2.96. The molecule has 0 saturated carbocycles. The Morgan fingerprint density at radius 2 is 1.92 bits per heavy atom. The van der Waals surface area contributed by atoms with Gasteiger partial charge in [0.1, 0.15) is 0 Å². The van der Waals surface area contributed by atoms with E-state index >= 15 is 0 Å². The third-order valence-corrected chi connectivity index (χ3v) is 4.21. The fraction of sp³-hybridized carbons (Fsp3) is 0.474. The van der Waals surface area contributed by atoms with Gasteiger partial charge in [-0.05, 0) is 46.1 Å². The molecule has 6 heteroatoms. The minimum Gasteiger partial charge on any atom is -0.396 e. The number of anilines is 1. The average molecular weight is 344 g/mol. The molecule has 0 radical (unpaired) electrons. The number of carbonyl (C=O) groups is 1. The van der Waals surface area contributed by atoms with Crippen LogP contribution in [0.5, 0.6) is 0 Å². The van der Waals surface area contributed by atoms with Crippen molar-refractivity contribution in [2.24, 2.45) is 0 Å². The normalized spacial score (nSPS) is 12.2. The summed E-state index contributed by atoms with van der Waals surface area (Å²) in [4.78, 5) is 12.5. The largest absolute Gasteiger partial charge is 0.396 e. The predicted octanol–water partition coefficient (Wildman–Crippen LogP) is 3.72. The van der Waals surface area contributed by atoms with E-state index in [1.165, 1.54) is 0 Å². The molecule has 2 rings (SSSR count). The maximum Gasteiger partial charge on any atom is 0.319 e. The highest BCUT2D eigenvalue weighted by Crippen LogP contribution is 2.23. The third kappa shape index (κ3) is 4.82. The zero-order valence-electron chi connectivity index (χ0n) is 15.4. The Morgan fingerprint density at radius 1 is 1.24 bits per heavy atom. The van der Waals surface area contributed by atoms with E-state index in [0.717, 1.165) is 22.6 Å². The van der Waals surface area contributed by atoms with Gasteiger partial charge in [0.15, 0.2) is 0 Å². The number of aliphatic hydroxyl groups excluding tert-OH is 1. The average Bonchev–Trinajstić information content (AvgIpc) is 2.87. The number of amides is 2. The number of urea groups is 1. The standard InChI is InChI=1S/C19H28N4O2/c1-13(2)23-15(4)18(14(3)22-23)21-19(25)20-17(11-8-12-24)16-9-6-5-7-10-16/h5-7,9-10,13,17,24H,8,11-12H2,1-4H3,(H2,20,21,25)/t17-/m1/s1. The molecule has 136 valence electrons. The summed E-state index contributed by atoms with van der Waals surface area (Å²) in [6.07, 6.45) is 1.31. The lowest BCUT2D eigenvalue weighted by Crippen LogP contribution is -2.33. The number of nitrogens with one attached hydrogen (secondary N) is 2. The van der Waals surface area contributed by atoms with Gasteiger partial charge in [-0.15, -0.1) is 0 Å². The van der Waals surface area contributed by atoms with Crippen LogP contribution in [-0.2, 0) is 0 Å². The molecule has 0 fully saturated rings. The van der Waals surface area contributed by atoms with Gasteiger partial charge in [-0.2, -0.15) is 5.10 Å². The Labute approximate surface area is 149 Å². The topological polar surface area (TPSA) is 79.2 Å². The summed E-state index contributed by atoms with van der Waals surface area (Å²) in [6, 6.07) is 9.63. The van der Waals surface area contributed by atoms with Gasteiger partial charge >= 0.3 is 6.03 Å². The number of aliphatic hydroxyl groups is 1. The second-order valence-electron chi connectivity index (χ2n) is 6.51. The lowest BCUT2D eigenvalue weighted by Gasteiger charge is -2.19. The first-order valence-electron chi connectivity index (χ1n) is 8.73. The van der Waals surface area contributed by atoms with Gasteiger partial charge in [0.25, 0.3) is 0 Å². The first-order chi connectivity index (χ1) is 11.9. The van der Waals surface area contributed by atoms with E-state index in [0.29, 0.717) is 12.8 Å². The van der Waals surface area contributed by atoms with Crippen molar-refractivity contribution in [2.75, 3.05) is 11.9 Å². The lowest BCUT2D eigenvalue weighted by molar-refractivity contribution is 0.243. The van der Waals surface area contributed by atoms with Crippen molar-refractivity contribution in [2.45, 2.75) is 52.6 Å². The number of aromatic nitrogens is 2. The number of benzene rings is 1. The second kappa shape index (κ2) is 8.67. The molecule has 0 spiro atoms.